The van der Waals surface area contributed by atoms with E-state index in [1.165, 1.54) is 6.07 Å². The first-order valence-electron chi connectivity index (χ1n) is 9.00. The van der Waals surface area contributed by atoms with Crippen LogP contribution in [0.3, 0.4) is 0 Å². The van der Waals surface area contributed by atoms with Gasteiger partial charge in [-0.15, -0.1) is 0 Å². The number of aryl methyl sites for hydroxylation is 1. The van der Waals surface area contributed by atoms with E-state index in [1.54, 1.807) is 17.0 Å². The summed E-state index contributed by atoms with van der Waals surface area (Å²) in [5.74, 6) is -2.99. The van der Waals surface area contributed by atoms with E-state index in [-0.39, 0.29) is 31.7 Å². The summed E-state index contributed by atoms with van der Waals surface area (Å²) in [6, 6.07) is 10.8. The van der Waals surface area contributed by atoms with Gasteiger partial charge < -0.3 is 4.90 Å². The lowest BCUT2D eigenvalue weighted by atomic mass is 9.98. The van der Waals surface area contributed by atoms with E-state index in [4.69, 9.17) is 12.2 Å². The van der Waals surface area contributed by atoms with Gasteiger partial charge in [0.15, 0.2) is 0 Å². The molecule has 0 unspecified atom stereocenters. The second-order valence-corrected chi connectivity index (χ2v) is 7.36. The molecule has 0 amide bonds. The zero-order valence-electron chi connectivity index (χ0n) is 15.4. The molecule has 1 fully saturated rings. The number of piperidine rings is 1. The van der Waals surface area contributed by atoms with Crippen LogP contribution in [-0.2, 0) is 0 Å². The number of halogens is 3. The van der Waals surface area contributed by atoms with Gasteiger partial charge in [-0.3, -0.25) is 0 Å². The molecule has 1 aliphatic heterocycles. The molecule has 3 rings (SSSR count). The molecule has 1 saturated heterocycles. The van der Waals surface area contributed by atoms with Crippen molar-refractivity contribution in [2.24, 2.45) is 0 Å². The molecule has 0 aliphatic carbocycles. The van der Waals surface area contributed by atoms with Crippen LogP contribution < -0.4 is 0 Å². The van der Waals surface area contributed by atoms with Crippen molar-refractivity contribution in [1.82, 2.24) is 4.90 Å². The van der Waals surface area contributed by atoms with Crippen LogP contribution in [0.2, 0.25) is 0 Å². The highest BCUT2D eigenvalue weighted by molar-refractivity contribution is 7.80. The first kappa shape index (κ1) is 19.6. The van der Waals surface area contributed by atoms with Gasteiger partial charge in [0.05, 0.1) is 0 Å². The van der Waals surface area contributed by atoms with Gasteiger partial charge in [-0.25, -0.2) is 13.2 Å². The van der Waals surface area contributed by atoms with E-state index >= 15 is 0 Å². The molecule has 0 spiro atoms. The lowest BCUT2D eigenvalue weighted by Crippen LogP contribution is -2.42. The molecule has 2 aromatic carbocycles. The maximum absolute atomic E-state index is 14.8. The predicted octanol–water partition coefficient (Wildman–Crippen LogP) is 6.24. The zero-order valence-corrected chi connectivity index (χ0v) is 16.3. The van der Waals surface area contributed by atoms with E-state index in [9.17, 15) is 13.2 Å². The number of likely N-dealkylation sites (tertiary alicyclic amines) is 1. The fraction of sp³-hybridized carbons (Fsp3) is 0.318. The minimum absolute atomic E-state index is 0.194. The normalized spacial score (nSPS) is 16.7. The van der Waals surface area contributed by atoms with Crippen molar-refractivity contribution in [2.75, 3.05) is 13.1 Å². The van der Waals surface area contributed by atoms with Gasteiger partial charge in [-0.05, 0) is 42.7 Å². The number of rotatable bonds is 3. The number of alkyl halides is 2. The molecule has 1 nitrogen and oxygen atoms in total. The Morgan fingerprint density at radius 1 is 1.11 bits per heavy atom. The van der Waals surface area contributed by atoms with E-state index in [2.05, 4.69) is 0 Å². The molecule has 0 aromatic heterocycles. The van der Waals surface area contributed by atoms with E-state index in [1.807, 2.05) is 44.2 Å². The van der Waals surface area contributed by atoms with Crippen molar-refractivity contribution in [3.05, 3.63) is 65.0 Å². The minimum Gasteiger partial charge on any atom is -0.362 e. The number of benzene rings is 2. The second kappa shape index (κ2) is 7.85. The Kier molecular flexibility index (Phi) is 5.70. The topological polar surface area (TPSA) is 3.24 Å². The Morgan fingerprint density at radius 3 is 2.44 bits per heavy atom. The highest BCUT2D eigenvalue weighted by Gasteiger charge is 2.34. The molecule has 142 valence electrons. The minimum atomic E-state index is -2.63. The van der Waals surface area contributed by atoms with E-state index < -0.39 is 5.92 Å². The average molecular weight is 389 g/mol. The number of hydrogen-bond donors (Lipinski definition) is 0. The summed E-state index contributed by atoms with van der Waals surface area (Å²) < 4.78 is 41.5. The van der Waals surface area contributed by atoms with Crippen LogP contribution in [0.4, 0.5) is 13.2 Å². The Balaban J connectivity index is 1.85. The van der Waals surface area contributed by atoms with Crippen LogP contribution in [-0.4, -0.2) is 28.9 Å². The van der Waals surface area contributed by atoms with Crippen LogP contribution in [0.25, 0.3) is 17.2 Å². The highest BCUT2D eigenvalue weighted by atomic mass is 32.1. The van der Waals surface area contributed by atoms with Crippen molar-refractivity contribution >= 4 is 23.3 Å². The van der Waals surface area contributed by atoms with Crippen molar-refractivity contribution in [3.63, 3.8) is 0 Å². The average Bonchev–Trinajstić information content (AvgIpc) is 2.61. The fourth-order valence-electron chi connectivity index (χ4n) is 3.36. The molecule has 0 atom stereocenters. The molecular weight excluding hydrogens is 367 g/mol. The maximum Gasteiger partial charge on any atom is 0.251 e. The zero-order chi connectivity index (χ0) is 19.6. The van der Waals surface area contributed by atoms with Crippen molar-refractivity contribution in [1.29, 1.82) is 0 Å². The first-order chi connectivity index (χ1) is 12.8. The third-order valence-electron chi connectivity index (χ3n) is 4.77. The van der Waals surface area contributed by atoms with Crippen molar-refractivity contribution in [2.45, 2.75) is 32.6 Å². The standard InChI is InChI=1S/C22H22F3NS/c1-3-4-16-11-15(2)12-18(13-16)19-6-5-17(14-20(19)23)21(27)26-9-7-22(24,25)8-10-26/h3-6,11-14H,7-10H2,1-2H3. The van der Waals surface area contributed by atoms with Gasteiger partial charge in [0.2, 0.25) is 0 Å². The quantitative estimate of drug-likeness (QED) is 0.572. The van der Waals surface area contributed by atoms with Crippen LogP contribution in [0.15, 0.2) is 42.5 Å². The summed E-state index contributed by atoms with van der Waals surface area (Å²) in [7, 11) is 0. The molecule has 0 saturated carbocycles. The lowest BCUT2D eigenvalue weighted by Gasteiger charge is -2.33. The molecular formula is C22H22F3NS. The highest BCUT2D eigenvalue weighted by Crippen LogP contribution is 2.30. The number of allylic oxidation sites excluding steroid dienone is 1. The summed E-state index contributed by atoms with van der Waals surface area (Å²) in [5, 5.41) is 0. The van der Waals surface area contributed by atoms with Crippen LogP contribution in [0, 0.1) is 12.7 Å². The van der Waals surface area contributed by atoms with E-state index in [0.717, 1.165) is 16.7 Å². The van der Waals surface area contributed by atoms with Crippen molar-refractivity contribution in [3.8, 4) is 11.1 Å². The molecule has 0 radical (unpaired) electrons. The monoisotopic (exact) mass is 389 g/mol. The molecule has 27 heavy (non-hydrogen) atoms. The molecule has 5 heteroatoms. The predicted molar refractivity (Wildman–Crippen MR) is 109 cm³/mol. The molecule has 2 aromatic rings. The first-order valence-corrected chi connectivity index (χ1v) is 9.41. The molecule has 1 heterocycles. The summed E-state index contributed by atoms with van der Waals surface area (Å²) in [5.41, 5.74) is 3.92. The van der Waals surface area contributed by atoms with Gasteiger partial charge >= 0.3 is 0 Å². The third-order valence-corrected chi connectivity index (χ3v) is 5.26. The van der Waals surface area contributed by atoms with Gasteiger partial charge in [-0.2, -0.15) is 0 Å². The van der Waals surface area contributed by atoms with Crippen LogP contribution >= 0.6 is 12.2 Å². The van der Waals surface area contributed by atoms with Crippen molar-refractivity contribution < 1.29 is 13.2 Å². The van der Waals surface area contributed by atoms with Crippen LogP contribution in [0.5, 0.6) is 0 Å². The lowest BCUT2D eigenvalue weighted by molar-refractivity contribution is -0.0430. The summed E-state index contributed by atoms with van der Waals surface area (Å²) in [4.78, 5) is 2.16. The Hall–Kier alpha value is -2.14. The largest absolute Gasteiger partial charge is 0.362 e. The van der Waals surface area contributed by atoms with Gasteiger partial charge in [0, 0.05) is 37.1 Å². The maximum atomic E-state index is 14.8. The number of thiocarbonyl (C=S) groups is 1. The van der Waals surface area contributed by atoms with Gasteiger partial charge in [-0.1, -0.05) is 48.6 Å². The smallest absolute Gasteiger partial charge is 0.251 e. The van der Waals surface area contributed by atoms with Gasteiger partial charge in [0.25, 0.3) is 5.92 Å². The SMILES string of the molecule is CC=Cc1cc(C)cc(-c2ccc(C(=S)N3CCC(F)(F)CC3)cc2F)c1. The summed E-state index contributed by atoms with van der Waals surface area (Å²) >= 11 is 5.42. The number of nitrogens with zero attached hydrogens (tertiary/aromatic N) is 1. The Bertz CT molecular complexity index is 879. The fourth-order valence-corrected chi connectivity index (χ4v) is 3.67. The van der Waals surface area contributed by atoms with Gasteiger partial charge in [0.1, 0.15) is 10.8 Å². The molecule has 0 N–H and O–H groups in total. The summed E-state index contributed by atoms with van der Waals surface area (Å²) in [6.07, 6.45) is 3.48. The number of hydrogen-bond acceptors (Lipinski definition) is 1. The van der Waals surface area contributed by atoms with Crippen LogP contribution in [0.1, 0.15) is 36.5 Å². The summed E-state index contributed by atoms with van der Waals surface area (Å²) in [6.45, 7) is 4.30. The Labute approximate surface area is 163 Å². The van der Waals surface area contributed by atoms with E-state index in [0.29, 0.717) is 16.1 Å². The molecule has 1 aliphatic rings. The third kappa shape index (κ3) is 4.59. The second-order valence-electron chi connectivity index (χ2n) is 6.98. The Morgan fingerprint density at radius 2 is 1.81 bits per heavy atom. The molecule has 0 bridgehead atoms.